The first-order valence-electron chi connectivity index (χ1n) is 14.5. The molecular weight excluding hydrogens is 645 g/mol. The van der Waals surface area contributed by atoms with E-state index in [4.69, 9.17) is 9.47 Å². The third-order valence-electron chi connectivity index (χ3n) is 9.12. The summed E-state index contributed by atoms with van der Waals surface area (Å²) < 4.78 is 12.8. The molecule has 0 unspecified atom stereocenters. The van der Waals surface area contributed by atoms with E-state index in [1.807, 2.05) is 42.5 Å². The van der Waals surface area contributed by atoms with E-state index < -0.39 is 6.09 Å². The molecule has 42 heavy (non-hydrogen) atoms. The molecular formula is C33H37IN3O5+. The van der Waals surface area contributed by atoms with Crippen LogP contribution in [0.25, 0.3) is 11.1 Å². The number of benzene rings is 3. The van der Waals surface area contributed by atoms with Crippen LogP contribution in [0, 0.1) is 0 Å². The Balaban J connectivity index is 1.08. The molecule has 3 aliphatic rings. The number of aliphatic hydroxyl groups is 1. The number of anilines is 2. The molecule has 5 atom stereocenters. The van der Waals surface area contributed by atoms with Crippen LogP contribution in [0.4, 0.5) is 16.2 Å². The van der Waals surface area contributed by atoms with E-state index in [1.54, 1.807) is 24.3 Å². The number of hydrogen-bond donors (Lipinski definition) is 3. The van der Waals surface area contributed by atoms with Crippen molar-refractivity contribution in [1.82, 2.24) is 0 Å². The van der Waals surface area contributed by atoms with Crippen LogP contribution in [0.15, 0.2) is 72.8 Å². The molecule has 3 aromatic carbocycles. The zero-order valence-corrected chi connectivity index (χ0v) is 26.0. The Morgan fingerprint density at radius 2 is 1.79 bits per heavy atom. The molecule has 6 rings (SSSR count). The molecule has 3 aromatic rings. The van der Waals surface area contributed by atoms with Gasteiger partial charge in [0.2, 0.25) is 5.91 Å². The fraction of sp³-hybridized carbons (Fsp3) is 0.394. The molecule has 3 fully saturated rings. The van der Waals surface area contributed by atoms with Crippen LogP contribution in [-0.2, 0) is 27.3 Å². The molecule has 0 radical (unpaired) electrons. The third-order valence-corrected chi connectivity index (χ3v) is 11.4. The van der Waals surface area contributed by atoms with Gasteiger partial charge in [-0.05, 0) is 76.4 Å². The number of fused-ring (bicyclic) bond motifs is 5. The van der Waals surface area contributed by atoms with Crippen molar-refractivity contribution in [2.45, 2.75) is 66.6 Å². The van der Waals surface area contributed by atoms with E-state index in [9.17, 15) is 14.7 Å². The summed E-state index contributed by atoms with van der Waals surface area (Å²) >= 11 is 2.53. The van der Waals surface area contributed by atoms with E-state index in [2.05, 4.69) is 53.4 Å². The summed E-state index contributed by atoms with van der Waals surface area (Å²) in [6.07, 6.45) is 3.31. The lowest BCUT2D eigenvalue weighted by Crippen LogP contribution is -2.65. The van der Waals surface area contributed by atoms with Gasteiger partial charge in [-0.1, -0.05) is 48.5 Å². The second-order valence-electron chi connectivity index (χ2n) is 12.0. The first-order valence-corrected chi connectivity index (χ1v) is 15.6. The molecule has 2 bridgehead atoms. The van der Waals surface area contributed by atoms with Crippen molar-refractivity contribution in [3.8, 4) is 11.1 Å². The monoisotopic (exact) mass is 682 g/mol. The zero-order valence-electron chi connectivity index (χ0n) is 23.9. The van der Waals surface area contributed by atoms with Gasteiger partial charge in [0.15, 0.2) is 9.65 Å². The standard InChI is InChI=1S/C33H36IN3O5/c1-37(2)28-18-25(19-33(37,34)31-30(28)42-31)41-32(40)36-27-16-13-21(17-26(27)23-8-4-3-5-9-23)7-6-10-29(39)35-24-14-11-22(20-38)12-15-24/h3-5,8-9,11-17,25,28,30-31,38H,6-7,10,18-20H2,1-2H3,(H-,35,36,39,40)/p+1/t25-,28-,30-,31+,33-/m0/s1. The Morgan fingerprint density at radius 3 is 2.50 bits per heavy atom. The van der Waals surface area contributed by atoms with Crippen molar-refractivity contribution in [2.75, 3.05) is 24.7 Å². The van der Waals surface area contributed by atoms with Crippen LogP contribution in [0.2, 0.25) is 0 Å². The van der Waals surface area contributed by atoms with Crippen molar-refractivity contribution in [3.63, 3.8) is 0 Å². The summed E-state index contributed by atoms with van der Waals surface area (Å²) in [6.45, 7) is -0.0244. The second-order valence-corrected chi connectivity index (χ2v) is 13.9. The molecule has 220 valence electrons. The number of carbonyl (C=O) groups excluding carboxylic acids is 2. The number of ether oxygens (including phenoxy) is 2. The Labute approximate surface area is 260 Å². The number of nitrogens with one attached hydrogen (secondary N) is 2. The number of likely N-dealkylation sites (N-methyl/N-ethyl adjacent to an activating group) is 1. The predicted molar refractivity (Wildman–Crippen MR) is 170 cm³/mol. The average Bonchev–Trinajstić information content (AvgIpc) is 3.76. The van der Waals surface area contributed by atoms with Crippen LogP contribution in [0.5, 0.6) is 0 Å². The van der Waals surface area contributed by atoms with Gasteiger partial charge in [-0.3, -0.25) is 10.1 Å². The zero-order chi connectivity index (χ0) is 29.5. The molecule has 8 nitrogen and oxygen atoms in total. The minimum atomic E-state index is -0.435. The van der Waals surface area contributed by atoms with Gasteiger partial charge in [0.25, 0.3) is 0 Å². The van der Waals surface area contributed by atoms with Crippen molar-refractivity contribution >= 4 is 46.0 Å². The highest BCUT2D eigenvalue weighted by Crippen LogP contribution is 2.61. The molecule has 0 saturated carbocycles. The maximum absolute atomic E-state index is 13.1. The van der Waals surface area contributed by atoms with E-state index >= 15 is 0 Å². The van der Waals surface area contributed by atoms with E-state index in [0.717, 1.165) is 46.0 Å². The third kappa shape index (κ3) is 5.67. The van der Waals surface area contributed by atoms with Gasteiger partial charge in [0.05, 0.1) is 32.8 Å². The SMILES string of the molecule is C[N+]1(C)[C@H]2C[C@H](OC(=O)Nc3ccc(CCCC(=O)Nc4ccc(CO)cc4)cc3-c3ccccc3)C[C@@]1(I)[C@@H]1O[C@H]12. The summed E-state index contributed by atoms with van der Waals surface area (Å²) in [5.41, 5.74) is 5.22. The Kier molecular flexibility index (Phi) is 8.03. The number of nitrogens with zero attached hydrogens (tertiary/aromatic N) is 1. The van der Waals surface area contributed by atoms with Crippen LogP contribution >= 0.6 is 22.6 Å². The van der Waals surface area contributed by atoms with E-state index in [1.165, 1.54) is 0 Å². The van der Waals surface area contributed by atoms with Gasteiger partial charge in [0.1, 0.15) is 18.2 Å². The topological polar surface area (TPSA) is 100 Å². The lowest BCUT2D eigenvalue weighted by molar-refractivity contribution is -0.943. The van der Waals surface area contributed by atoms with Crippen molar-refractivity contribution < 1.29 is 28.7 Å². The highest BCUT2D eigenvalue weighted by atomic mass is 127. The number of hydrogen-bond acceptors (Lipinski definition) is 5. The van der Waals surface area contributed by atoms with Crippen LogP contribution < -0.4 is 10.6 Å². The smallest absolute Gasteiger partial charge is 0.411 e. The number of amides is 2. The van der Waals surface area contributed by atoms with Gasteiger partial charge in [-0.25, -0.2) is 4.79 Å². The normalized spacial score (nSPS) is 26.7. The summed E-state index contributed by atoms with van der Waals surface area (Å²) in [6, 6.07) is 23.5. The summed E-state index contributed by atoms with van der Waals surface area (Å²) in [5.74, 6) is -0.0495. The molecule has 0 aromatic heterocycles. The molecule has 0 spiro atoms. The van der Waals surface area contributed by atoms with Gasteiger partial charge in [-0.15, -0.1) is 0 Å². The maximum Gasteiger partial charge on any atom is 0.411 e. The quantitative estimate of drug-likeness (QED) is 0.0862. The maximum atomic E-state index is 13.1. The second kappa shape index (κ2) is 11.6. The first-order chi connectivity index (χ1) is 20.2. The minimum absolute atomic E-state index is 0.0244. The number of piperidine rings is 1. The summed E-state index contributed by atoms with van der Waals surface area (Å²) in [4.78, 5) is 25.6. The van der Waals surface area contributed by atoms with Gasteiger partial charge in [-0.2, -0.15) is 0 Å². The number of aliphatic hydroxyl groups excluding tert-OH is 1. The van der Waals surface area contributed by atoms with Gasteiger partial charge >= 0.3 is 6.09 Å². The minimum Gasteiger partial charge on any atom is -0.445 e. The van der Waals surface area contributed by atoms with E-state index in [0.29, 0.717) is 30.3 Å². The Hall–Kier alpha value is -2.99. The highest BCUT2D eigenvalue weighted by Gasteiger charge is 2.78. The average molecular weight is 683 g/mol. The van der Waals surface area contributed by atoms with Crippen LogP contribution in [0.3, 0.4) is 0 Å². The van der Waals surface area contributed by atoms with Crippen molar-refractivity contribution in [2.24, 2.45) is 0 Å². The Bertz CT molecular complexity index is 1460. The highest BCUT2D eigenvalue weighted by molar-refractivity contribution is 14.1. The number of aryl methyl sites for hydroxylation is 1. The number of alkyl halides is 1. The fourth-order valence-electron chi connectivity index (χ4n) is 6.63. The molecule has 3 aliphatic heterocycles. The van der Waals surface area contributed by atoms with Crippen LogP contribution in [-0.4, -0.2) is 63.6 Å². The predicted octanol–water partition coefficient (Wildman–Crippen LogP) is 5.88. The number of carbonyl (C=O) groups is 2. The number of halogens is 1. The molecule has 9 heteroatoms. The first kappa shape index (κ1) is 29.1. The molecule has 3 heterocycles. The lowest BCUT2D eigenvalue weighted by Gasteiger charge is -2.50. The van der Waals surface area contributed by atoms with Crippen molar-refractivity contribution in [3.05, 3.63) is 83.9 Å². The molecule has 3 saturated heterocycles. The Morgan fingerprint density at radius 1 is 1.05 bits per heavy atom. The molecule has 2 amide bonds. The van der Waals surface area contributed by atoms with Gasteiger partial charge < -0.3 is 24.4 Å². The van der Waals surface area contributed by atoms with E-state index in [-0.39, 0.29) is 34.4 Å². The number of quaternary nitrogens is 1. The number of morpholine rings is 1. The van der Waals surface area contributed by atoms with Crippen LogP contribution in [0.1, 0.15) is 36.8 Å². The summed E-state index contributed by atoms with van der Waals surface area (Å²) in [5, 5.41) is 15.1. The van der Waals surface area contributed by atoms with Crippen molar-refractivity contribution in [1.29, 1.82) is 0 Å². The molecule has 0 aliphatic carbocycles. The van der Waals surface area contributed by atoms with Gasteiger partial charge in [0, 0.05) is 24.1 Å². The number of rotatable bonds is 9. The number of epoxide rings is 1. The largest absolute Gasteiger partial charge is 0.445 e. The lowest BCUT2D eigenvalue weighted by atomic mass is 9.96. The molecule has 3 N–H and O–H groups in total. The summed E-state index contributed by atoms with van der Waals surface area (Å²) in [7, 11) is 4.53. The fourth-order valence-corrected chi connectivity index (χ4v) is 7.98.